The van der Waals surface area contributed by atoms with Gasteiger partial charge < -0.3 is 5.32 Å². The molecule has 7 nitrogen and oxygen atoms in total. The highest BCUT2D eigenvalue weighted by Gasteiger charge is 2.36. The molecule has 0 saturated carbocycles. The van der Waals surface area contributed by atoms with E-state index in [4.69, 9.17) is 0 Å². The van der Waals surface area contributed by atoms with Gasteiger partial charge in [0.25, 0.3) is 5.69 Å². The van der Waals surface area contributed by atoms with Gasteiger partial charge in [-0.3, -0.25) is 10.1 Å². The SMILES string of the molecule is CCc1nc2n(n1)CC(Nc1ccc([N+](=O)[O-])cc1C(F)(F)F)CC2. The van der Waals surface area contributed by atoms with E-state index in [0.717, 1.165) is 18.0 Å². The second kappa shape index (κ2) is 6.34. The van der Waals surface area contributed by atoms with Crippen LogP contribution in [0.15, 0.2) is 18.2 Å². The molecule has 25 heavy (non-hydrogen) atoms. The zero-order valence-corrected chi connectivity index (χ0v) is 13.4. The lowest BCUT2D eigenvalue weighted by atomic mass is 10.1. The molecule has 3 rings (SSSR count). The summed E-state index contributed by atoms with van der Waals surface area (Å²) < 4.78 is 41.4. The van der Waals surface area contributed by atoms with Crippen LogP contribution in [0.4, 0.5) is 24.5 Å². The first kappa shape index (κ1) is 17.2. The normalized spacial score (nSPS) is 17.2. The Hall–Kier alpha value is -2.65. The summed E-state index contributed by atoms with van der Waals surface area (Å²) in [4.78, 5) is 14.3. The number of benzene rings is 1. The summed E-state index contributed by atoms with van der Waals surface area (Å²) in [6.07, 6.45) is -2.77. The molecule has 0 aliphatic carbocycles. The summed E-state index contributed by atoms with van der Waals surface area (Å²) in [6, 6.07) is 2.47. The number of non-ortho nitro benzene ring substituents is 1. The Balaban J connectivity index is 1.84. The maximum Gasteiger partial charge on any atom is 0.418 e. The first-order valence-corrected chi connectivity index (χ1v) is 7.82. The molecule has 0 saturated heterocycles. The van der Waals surface area contributed by atoms with E-state index in [9.17, 15) is 23.3 Å². The lowest BCUT2D eigenvalue weighted by Crippen LogP contribution is -2.32. The lowest BCUT2D eigenvalue weighted by molar-refractivity contribution is -0.385. The molecule has 1 aliphatic rings. The largest absolute Gasteiger partial charge is 0.418 e. The average molecular weight is 355 g/mol. The molecule has 1 unspecified atom stereocenters. The van der Waals surface area contributed by atoms with E-state index in [-0.39, 0.29) is 11.7 Å². The third kappa shape index (κ3) is 3.57. The van der Waals surface area contributed by atoms with Crippen molar-refractivity contribution >= 4 is 11.4 Å². The molecule has 0 spiro atoms. The lowest BCUT2D eigenvalue weighted by Gasteiger charge is -2.26. The number of hydrogen-bond donors (Lipinski definition) is 1. The third-order valence-corrected chi connectivity index (χ3v) is 4.10. The van der Waals surface area contributed by atoms with E-state index in [1.54, 1.807) is 4.68 Å². The number of nitro groups is 1. The van der Waals surface area contributed by atoms with Crippen LogP contribution in [-0.2, 0) is 25.6 Å². The number of hydrogen-bond acceptors (Lipinski definition) is 5. The van der Waals surface area contributed by atoms with Crippen LogP contribution < -0.4 is 5.32 Å². The average Bonchev–Trinajstić information content (AvgIpc) is 2.96. The minimum absolute atomic E-state index is 0.164. The van der Waals surface area contributed by atoms with Crippen molar-refractivity contribution in [1.29, 1.82) is 0 Å². The van der Waals surface area contributed by atoms with Gasteiger partial charge in [-0.1, -0.05) is 6.92 Å². The van der Waals surface area contributed by atoms with Crippen LogP contribution in [0.3, 0.4) is 0 Å². The fourth-order valence-corrected chi connectivity index (χ4v) is 2.85. The van der Waals surface area contributed by atoms with E-state index in [0.29, 0.717) is 37.7 Å². The monoisotopic (exact) mass is 355 g/mol. The first-order valence-electron chi connectivity index (χ1n) is 7.82. The highest BCUT2D eigenvalue weighted by Crippen LogP contribution is 2.37. The molecule has 2 heterocycles. The molecule has 1 aromatic heterocycles. The van der Waals surface area contributed by atoms with Crippen LogP contribution in [0, 0.1) is 10.1 Å². The van der Waals surface area contributed by atoms with Crippen LogP contribution in [0.2, 0.25) is 0 Å². The maximum absolute atomic E-state index is 13.2. The maximum atomic E-state index is 13.2. The molecule has 0 fully saturated rings. The number of halogens is 3. The zero-order valence-electron chi connectivity index (χ0n) is 13.4. The Morgan fingerprint density at radius 1 is 1.44 bits per heavy atom. The van der Waals surface area contributed by atoms with Crippen molar-refractivity contribution in [3.05, 3.63) is 45.5 Å². The van der Waals surface area contributed by atoms with Crippen LogP contribution in [0.5, 0.6) is 0 Å². The first-order chi connectivity index (χ1) is 11.8. The van der Waals surface area contributed by atoms with Gasteiger partial charge in [-0.25, -0.2) is 9.67 Å². The molecule has 1 aliphatic heterocycles. The molecule has 0 bridgehead atoms. The Labute approximate surface area is 141 Å². The van der Waals surface area contributed by atoms with Gasteiger partial charge >= 0.3 is 6.18 Å². The van der Waals surface area contributed by atoms with Gasteiger partial charge in [0.2, 0.25) is 0 Å². The molecule has 1 aromatic carbocycles. The Bertz CT molecular complexity index is 803. The molecule has 134 valence electrons. The number of rotatable bonds is 4. The minimum Gasteiger partial charge on any atom is -0.380 e. The van der Waals surface area contributed by atoms with E-state index >= 15 is 0 Å². The molecule has 10 heteroatoms. The van der Waals surface area contributed by atoms with Crippen molar-refractivity contribution in [3.63, 3.8) is 0 Å². The molecule has 2 aromatic rings. The highest BCUT2D eigenvalue weighted by atomic mass is 19.4. The van der Waals surface area contributed by atoms with Gasteiger partial charge in [-0.05, 0) is 12.5 Å². The highest BCUT2D eigenvalue weighted by molar-refractivity contribution is 5.58. The Kier molecular flexibility index (Phi) is 4.36. The van der Waals surface area contributed by atoms with E-state index < -0.39 is 22.4 Å². The predicted octanol–water partition coefficient (Wildman–Crippen LogP) is 3.19. The summed E-state index contributed by atoms with van der Waals surface area (Å²) in [7, 11) is 0. The fraction of sp³-hybridized carbons (Fsp3) is 0.467. The second-order valence-electron chi connectivity index (χ2n) is 5.84. The van der Waals surface area contributed by atoms with Gasteiger partial charge in [0, 0.05) is 36.7 Å². The van der Waals surface area contributed by atoms with Crippen LogP contribution >= 0.6 is 0 Å². The number of fused-ring (bicyclic) bond motifs is 1. The summed E-state index contributed by atoms with van der Waals surface area (Å²) >= 11 is 0. The van der Waals surface area contributed by atoms with Gasteiger partial charge in [-0.15, -0.1) is 0 Å². The predicted molar refractivity (Wildman–Crippen MR) is 83.2 cm³/mol. The van der Waals surface area contributed by atoms with Crippen molar-refractivity contribution in [2.75, 3.05) is 5.32 Å². The van der Waals surface area contributed by atoms with Crippen molar-refractivity contribution in [2.24, 2.45) is 0 Å². The van der Waals surface area contributed by atoms with Crippen molar-refractivity contribution in [2.45, 2.75) is 44.9 Å². The van der Waals surface area contributed by atoms with Crippen molar-refractivity contribution < 1.29 is 18.1 Å². The molecule has 0 radical (unpaired) electrons. The topological polar surface area (TPSA) is 85.9 Å². The minimum atomic E-state index is -4.68. The van der Waals surface area contributed by atoms with E-state index in [1.165, 1.54) is 0 Å². The summed E-state index contributed by atoms with van der Waals surface area (Å²) in [6.45, 7) is 2.33. The molecule has 1 atom stereocenters. The van der Waals surface area contributed by atoms with Gasteiger partial charge in [0.1, 0.15) is 5.82 Å². The standard InChI is InChI=1S/C15H16F3N5O2/c1-2-13-20-14-6-3-9(8-22(14)21-13)19-12-5-4-10(23(24)25)7-11(12)15(16,17)18/h4-5,7,9,19H,2-3,6,8H2,1H3. The second-order valence-corrected chi connectivity index (χ2v) is 5.84. The summed E-state index contributed by atoms with van der Waals surface area (Å²) in [5, 5.41) is 17.9. The number of aromatic nitrogens is 3. The van der Waals surface area contributed by atoms with E-state index in [2.05, 4.69) is 15.4 Å². The molecule has 1 N–H and O–H groups in total. The Morgan fingerprint density at radius 3 is 2.84 bits per heavy atom. The quantitative estimate of drug-likeness (QED) is 0.672. The van der Waals surface area contributed by atoms with Crippen molar-refractivity contribution in [1.82, 2.24) is 14.8 Å². The molecular weight excluding hydrogens is 339 g/mol. The number of anilines is 1. The number of aryl methyl sites for hydroxylation is 2. The van der Waals surface area contributed by atoms with Crippen LogP contribution in [-0.4, -0.2) is 25.7 Å². The third-order valence-electron chi connectivity index (χ3n) is 4.10. The molecule has 0 amide bonds. The summed E-state index contributed by atoms with van der Waals surface area (Å²) in [5.41, 5.74) is -1.80. The molecular formula is C15H16F3N5O2. The number of nitro benzene ring substituents is 1. The number of nitrogens with one attached hydrogen (secondary N) is 1. The van der Waals surface area contributed by atoms with Gasteiger partial charge in [0.15, 0.2) is 5.82 Å². The summed E-state index contributed by atoms with van der Waals surface area (Å²) in [5.74, 6) is 1.54. The van der Waals surface area contributed by atoms with Gasteiger partial charge in [0.05, 0.1) is 17.0 Å². The van der Waals surface area contributed by atoms with E-state index in [1.807, 2.05) is 6.92 Å². The van der Waals surface area contributed by atoms with Crippen LogP contribution in [0.25, 0.3) is 0 Å². The van der Waals surface area contributed by atoms with Crippen LogP contribution in [0.1, 0.15) is 30.6 Å². The fourth-order valence-electron chi connectivity index (χ4n) is 2.85. The smallest absolute Gasteiger partial charge is 0.380 e. The van der Waals surface area contributed by atoms with Crippen molar-refractivity contribution in [3.8, 4) is 0 Å². The Morgan fingerprint density at radius 2 is 2.20 bits per heavy atom. The number of nitrogens with zero attached hydrogens (tertiary/aromatic N) is 4. The zero-order chi connectivity index (χ0) is 18.2. The van der Waals surface area contributed by atoms with Gasteiger partial charge in [-0.2, -0.15) is 18.3 Å². The number of alkyl halides is 3.